The lowest BCUT2D eigenvalue weighted by atomic mass is 10.0. The molecular weight excluding hydrogens is 323 g/mol. The fraction of sp³-hybridized carbons (Fsp3) is 0.333. The van der Waals surface area contributed by atoms with Gasteiger partial charge in [0, 0.05) is 16.6 Å². The fourth-order valence-electron chi connectivity index (χ4n) is 2.29. The average molecular weight is 341 g/mol. The normalized spacial score (nSPS) is 12.8. The Hall–Kier alpha value is -1.17. The summed E-state index contributed by atoms with van der Waals surface area (Å²) in [5.74, 6) is 0.613. The minimum Gasteiger partial charge on any atom is -0.468 e. The van der Waals surface area contributed by atoms with Gasteiger partial charge in [-0.25, -0.2) is 4.39 Å². The van der Waals surface area contributed by atoms with E-state index in [1.165, 1.54) is 6.07 Å². The molecule has 1 aromatic carbocycles. The van der Waals surface area contributed by atoms with Crippen LogP contribution in [0.1, 0.15) is 24.3 Å². The monoisotopic (exact) mass is 340 g/mol. The van der Waals surface area contributed by atoms with Crippen molar-refractivity contribution in [3.8, 4) is 0 Å². The van der Waals surface area contributed by atoms with E-state index in [0.29, 0.717) is 18.7 Å². The number of rotatable bonds is 6. The number of likely N-dealkylation sites (N-methyl/N-ethyl adjacent to an activating group) is 1. The van der Waals surface area contributed by atoms with Crippen molar-refractivity contribution in [3.05, 3.63) is 58.2 Å². The third-order valence-corrected chi connectivity index (χ3v) is 3.82. The van der Waals surface area contributed by atoms with Gasteiger partial charge in [0.15, 0.2) is 0 Å². The Morgan fingerprint density at radius 1 is 1.40 bits per heavy atom. The summed E-state index contributed by atoms with van der Waals surface area (Å²) in [5, 5.41) is 0. The van der Waals surface area contributed by atoms with Crippen LogP contribution in [0.4, 0.5) is 4.39 Å². The molecule has 108 valence electrons. The van der Waals surface area contributed by atoms with Gasteiger partial charge in [-0.1, -0.05) is 22.9 Å². The first-order valence-electron chi connectivity index (χ1n) is 6.57. The quantitative estimate of drug-likeness (QED) is 0.871. The Morgan fingerprint density at radius 3 is 2.80 bits per heavy atom. The largest absolute Gasteiger partial charge is 0.468 e. The molecule has 1 heterocycles. The van der Waals surface area contributed by atoms with Crippen molar-refractivity contribution in [1.82, 2.24) is 4.90 Å². The molecule has 2 aromatic rings. The highest BCUT2D eigenvalue weighted by atomic mass is 79.9. The summed E-state index contributed by atoms with van der Waals surface area (Å²) >= 11 is 3.38. The van der Waals surface area contributed by atoms with Crippen molar-refractivity contribution < 1.29 is 8.81 Å². The molecular formula is C15H18BrFN2O. The molecule has 2 N–H and O–H groups in total. The van der Waals surface area contributed by atoms with Gasteiger partial charge >= 0.3 is 0 Å². The standard InChI is InChI=1S/C15H18BrFN2O/c1-2-19(10-12-4-3-7-20-12)15(9-18)13-8-11(16)5-6-14(13)17/h3-8,15H,2,9-10,18H2,1H3. The number of hydrogen-bond acceptors (Lipinski definition) is 3. The molecule has 0 fully saturated rings. The molecule has 1 atom stereocenters. The zero-order chi connectivity index (χ0) is 14.5. The zero-order valence-corrected chi connectivity index (χ0v) is 12.9. The van der Waals surface area contributed by atoms with Crippen LogP contribution in [0, 0.1) is 5.82 Å². The third kappa shape index (κ3) is 3.48. The van der Waals surface area contributed by atoms with Crippen LogP contribution in [0.2, 0.25) is 0 Å². The minimum atomic E-state index is -0.235. The van der Waals surface area contributed by atoms with Gasteiger partial charge in [-0.05, 0) is 36.9 Å². The van der Waals surface area contributed by atoms with Crippen LogP contribution >= 0.6 is 15.9 Å². The molecule has 0 saturated heterocycles. The molecule has 0 spiro atoms. The van der Waals surface area contributed by atoms with E-state index < -0.39 is 0 Å². The van der Waals surface area contributed by atoms with Crippen LogP contribution in [-0.4, -0.2) is 18.0 Å². The maximum atomic E-state index is 14.1. The molecule has 0 bridgehead atoms. The summed E-state index contributed by atoms with van der Waals surface area (Å²) in [6.45, 7) is 3.75. The van der Waals surface area contributed by atoms with Crippen molar-refractivity contribution in [2.75, 3.05) is 13.1 Å². The number of nitrogens with zero attached hydrogens (tertiary/aromatic N) is 1. The average Bonchev–Trinajstić information content (AvgIpc) is 2.95. The maximum Gasteiger partial charge on any atom is 0.128 e. The van der Waals surface area contributed by atoms with Gasteiger partial charge in [-0.15, -0.1) is 0 Å². The van der Waals surface area contributed by atoms with Gasteiger partial charge in [0.1, 0.15) is 11.6 Å². The Labute approximate surface area is 126 Å². The second-order valence-corrected chi connectivity index (χ2v) is 5.48. The van der Waals surface area contributed by atoms with E-state index in [9.17, 15) is 4.39 Å². The molecule has 0 radical (unpaired) electrons. The number of hydrogen-bond donors (Lipinski definition) is 1. The summed E-state index contributed by atoms with van der Waals surface area (Å²) < 4.78 is 20.3. The molecule has 3 nitrogen and oxygen atoms in total. The fourth-order valence-corrected chi connectivity index (χ4v) is 2.67. The van der Waals surface area contributed by atoms with Gasteiger partial charge in [0.25, 0.3) is 0 Å². The number of halogens is 2. The lowest BCUT2D eigenvalue weighted by Crippen LogP contribution is -2.33. The van der Waals surface area contributed by atoms with Crippen LogP contribution in [0.15, 0.2) is 45.5 Å². The van der Waals surface area contributed by atoms with E-state index >= 15 is 0 Å². The van der Waals surface area contributed by atoms with Crippen molar-refractivity contribution in [2.45, 2.75) is 19.5 Å². The van der Waals surface area contributed by atoms with Crippen LogP contribution in [0.5, 0.6) is 0 Å². The highest BCUT2D eigenvalue weighted by molar-refractivity contribution is 9.10. The number of nitrogens with two attached hydrogens (primary N) is 1. The predicted octanol–water partition coefficient (Wildman–Crippen LogP) is 3.70. The van der Waals surface area contributed by atoms with E-state index in [2.05, 4.69) is 20.8 Å². The SMILES string of the molecule is CCN(Cc1ccco1)C(CN)c1cc(Br)ccc1F. The van der Waals surface area contributed by atoms with E-state index in [1.54, 1.807) is 18.4 Å². The van der Waals surface area contributed by atoms with E-state index in [4.69, 9.17) is 10.2 Å². The second kappa shape index (κ2) is 7.02. The molecule has 0 aliphatic rings. The minimum absolute atomic E-state index is 0.178. The van der Waals surface area contributed by atoms with E-state index in [0.717, 1.165) is 16.8 Å². The maximum absolute atomic E-state index is 14.1. The molecule has 1 aromatic heterocycles. The van der Waals surface area contributed by atoms with Crippen LogP contribution in [0.3, 0.4) is 0 Å². The Morgan fingerprint density at radius 2 is 2.20 bits per heavy atom. The van der Waals surface area contributed by atoms with Crippen LogP contribution in [0.25, 0.3) is 0 Å². The topological polar surface area (TPSA) is 42.4 Å². The van der Waals surface area contributed by atoms with Gasteiger partial charge in [0.05, 0.1) is 18.8 Å². The highest BCUT2D eigenvalue weighted by Gasteiger charge is 2.22. The molecule has 0 amide bonds. The van der Waals surface area contributed by atoms with Crippen LogP contribution in [-0.2, 0) is 6.54 Å². The first kappa shape index (κ1) is 15.2. The molecule has 0 aliphatic heterocycles. The Bertz CT molecular complexity index is 545. The van der Waals surface area contributed by atoms with Gasteiger partial charge in [-0.3, -0.25) is 4.90 Å². The summed E-state index contributed by atoms with van der Waals surface area (Å²) in [6, 6.07) is 8.52. The Kier molecular flexibility index (Phi) is 5.34. The molecule has 0 aliphatic carbocycles. The Balaban J connectivity index is 2.26. The summed E-state index contributed by atoms with van der Waals surface area (Å²) in [7, 11) is 0. The summed E-state index contributed by atoms with van der Waals surface area (Å²) in [6.07, 6.45) is 1.64. The van der Waals surface area contributed by atoms with Crippen molar-refractivity contribution >= 4 is 15.9 Å². The first-order valence-corrected chi connectivity index (χ1v) is 7.36. The first-order chi connectivity index (χ1) is 9.65. The highest BCUT2D eigenvalue weighted by Crippen LogP contribution is 2.27. The van der Waals surface area contributed by atoms with Crippen LogP contribution < -0.4 is 5.73 Å². The second-order valence-electron chi connectivity index (χ2n) is 4.56. The number of benzene rings is 1. The predicted molar refractivity (Wildman–Crippen MR) is 80.7 cm³/mol. The van der Waals surface area contributed by atoms with Crippen molar-refractivity contribution in [1.29, 1.82) is 0 Å². The van der Waals surface area contributed by atoms with Gasteiger partial charge in [0.2, 0.25) is 0 Å². The smallest absolute Gasteiger partial charge is 0.128 e. The molecule has 5 heteroatoms. The van der Waals surface area contributed by atoms with E-state index in [-0.39, 0.29) is 11.9 Å². The lowest BCUT2D eigenvalue weighted by molar-refractivity contribution is 0.184. The number of furan rings is 1. The van der Waals surface area contributed by atoms with Gasteiger partial charge in [-0.2, -0.15) is 0 Å². The van der Waals surface area contributed by atoms with Crippen molar-refractivity contribution in [3.63, 3.8) is 0 Å². The molecule has 2 rings (SSSR count). The third-order valence-electron chi connectivity index (χ3n) is 3.33. The van der Waals surface area contributed by atoms with E-state index in [1.807, 2.05) is 19.1 Å². The van der Waals surface area contributed by atoms with Gasteiger partial charge < -0.3 is 10.2 Å². The summed E-state index contributed by atoms with van der Waals surface area (Å²) in [5.41, 5.74) is 6.48. The molecule has 1 unspecified atom stereocenters. The zero-order valence-electron chi connectivity index (χ0n) is 11.4. The summed E-state index contributed by atoms with van der Waals surface area (Å²) in [4.78, 5) is 2.10. The lowest BCUT2D eigenvalue weighted by Gasteiger charge is -2.29. The molecule has 0 saturated carbocycles. The molecule has 20 heavy (non-hydrogen) atoms. The van der Waals surface area contributed by atoms with Crippen molar-refractivity contribution in [2.24, 2.45) is 5.73 Å².